The van der Waals surface area contributed by atoms with Crippen LogP contribution < -0.4 is 0 Å². The quantitative estimate of drug-likeness (QED) is 0.734. The van der Waals surface area contributed by atoms with E-state index in [1.165, 1.54) is 0 Å². The minimum absolute atomic E-state index is 0.109. The molecule has 1 rings (SSSR count). The normalized spacial score (nSPS) is 15.1. The van der Waals surface area contributed by atoms with E-state index in [9.17, 15) is 30.0 Å². The largest absolute Gasteiger partial charge is 0.402 e. The average Bonchev–Trinajstić information content (AvgIpc) is 2.26. The van der Waals surface area contributed by atoms with E-state index in [0.29, 0.717) is 0 Å². The molecule has 0 aliphatic rings. The second-order valence-electron chi connectivity index (χ2n) is 4.03. The second kappa shape index (κ2) is 5.64. The topological polar surface area (TPSA) is 68.3 Å². The molecule has 0 spiro atoms. The summed E-state index contributed by atoms with van der Waals surface area (Å²) in [4.78, 5) is -2.66. The fourth-order valence-electron chi connectivity index (χ4n) is 1.28. The molecule has 0 radical (unpaired) electrons. The fraction of sp³-hybridized carbons (Fsp3) is 0.400. The van der Waals surface area contributed by atoms with Crippen molar-refractivity contribution < 1.29 is 30.0 Å². The molecule has 4 nitrogen and oxygen atoms in total. The van der Waals surface area contributed by atoms with Gasteiger partial charge in [0.25, 0.3) is 0 Å². The van der Waals surface area contributed by atoms with Gasteiger partial charge in [0.15, 0.2) is 19.7 Å². The molecule has 1 atom stereocenters. The average molecular weight is 395 g/mol. The van der Waals surface area contributed by atoms with Crippen molar-refractivity contribution >= 4 is 35.6 Å². The number of hydrogen-bond donors (Lipinski definition) is 0. The van der Waals surface area contributed by atoms with Crippen molar-refractivity contribution in [3.05, 3.63) is 24.3 Å². The molecule has 0 aliphatic heterocycles. The van der Waals surface area contributed by atoms with Crippen LogP contribution in [0.1, 0.15) is 0 Å². The Balaban J connectivity index is 3.06. The van der Waals surface area contributed by atoms with Crippen LogP contribution in [0.4, 0.5) is 13.2 Å². The van der Waals surface area contributed by atoms with Crippen molar-refractivity contribution in [3.8, 4) is 0 Å². The third-order valence-corrected chi connectivity index (χ3v) is 6.49. The molecule has 0 aromatic heterocycles. The van der Waals surface area contributed by atoms with Gasteiger partial charge < -0.3 is 0 Å². The molecule has 20 heavy (non-hydrogen) atoms. The maximum Gasteiger partial charge on any atom is 0.402 e. The molecule has 0 amide bonds. The summed E-state index contributed by atoms with van der Waals surface area (Å²) >= 11 is 2.28. The zero-order valence-corrected chi connectivity index (χ0v) is 13.3. The number of alkyl halides is 4. The molecule has 10 heteroatoms. The number of rotatable bonds is 4. The van der Waals surface area contributed by atoms with Gasteiger partial charge in [0.2, 0.25) is 0 Å². The third-order valence-electron chi connectivity index (χ3n) is 2.33. The van der Waals surface area contributed by atoms with E-state index >= 15 is 0 Å². The zero-order chi connectivity index (χ0) is 15.8. The Morgan fingerprint density at radius 3 is 1.80 bits per heavy atom. The Morgan fingerprint density at radius 1 is 1.05 bits per heavy atom. The fourth-order valence-corrected chi connectivity index (χ4v) is 4.27. The maximum atomic E-state index is 12.3. The lowest BCUT2D eigenvalue weighted by Gasteiger charge is -2.14. The van der Waals surface area contributed by atoms with Crippen molar-refractivity contribution in [2.24, 2.45) is 0 Å². The Kier molecular flexibility index (Phi) is 4.92. The molecule has 0 bridgehead atoms. The molecule has 1 unspecified atom stereocenters. The standard InChI is InChI=1S/C10H10BrF3O4S2/c1-19(15,16)7-2-4-8(5-3-7)20(17,18)6-9(11)10(12,13)14/h2-5,9H,6H2,1H3. The van der Waals surface area contributed by atoms with E-state index in [1.54, 1.807) is 0 Å². The molecule has 1 aromatic carbocycles. The van der Waals surface area contributed by atoms with Crippen LogP contribution in [0.5, 0.6) is 0 Å². The minimum Gasteiger partial charge on any atom is -0.224 e. The number of benzene rings is 1. The highest BCUT2D eigenvalue weighted by Crippen LogP contribution is 2.29. The lowest BCUT2D eigenvalue weighted by atomic mass is 10.4. The predicted octanol–water partition coefficient (Wildman–Crippen LogP) is 2.19. The summed E-state index contributed by atoms with van der Waals surface area (Å²) in [6.07, 6.45) is -3.74. The first-order valence-corrected chi connectivity index (χ1v) is 9.53. The smallest absolute Gasteiger partial charge is 0.224 e. The summed E-state index contributed by atoms with van der Waals surface area (Å²) in [6, 6.07) is 4.03. The van der Waals surface area contributed by atoms with Gasteiger partial charge in [0.05, 0.1) is 15.5 Å². The Hall–Kier alpha value is -0.610. The van der Waals surface area contributed by atoms with E-state index in [4.69, 9.17) is 0 Å². The van der Waals surface area contributed by atoms with Crippen LogP contribution in [0.3, 0.4) is 0 Å². The van der Waals surface area contributed by atoms with E-state index in [0.717, 1.165) is 30.5 Å². The highest BCUT2D eigenvalue weighted by Gasteiger charge is 2.40. The first kappa shape index (κ1) is 17.4. The summed E-state index contributed by atoms with van der Waals surface area (Å²) < 4.78 is 82.9. The molecule has 0 fully saturated rings. The third kappa shape index (κ3) is 4.45. The van der Waals surface area contributed by atoms with Gasteiger partial charge in [0, 0.05) is 6.26 Å². The minimum atomic E-state index is -4.68. The van der Waals surface area contributed by atoms with Gasteiger partial charge in [-0.25, -0.2) is 16.8 Å². The van der Waals surface area contributed by atoms with Crippen LogP contribution in [-0.4, -0.2) is 39.8 Å². The van der Waals surface area contributed by atoms with Crippen molar-refractivity contribution in [3.63, 3.8) is 0 Å². The van der Waals surface area contributed by atoms with Crippen LogP contribution in [0, 0.1) is 0 Å². The lowest BCUT2D eigenvalue weighted by molar-refractivity contribution is -0.123. The Bertz CT molecular complexity index is 678. The lowest BCUT2D eigenvalue weighted by Crippen LogP contribution is -2.30. The molecule has 0 saturated carbocycles. The molecular formula is C10H10BrF3O4S2. The summed E-state index contributed by atoms with van der Waals surface area (Å²) in [6.45, 7) is 0. The number of sulfone groups is 2. The molecule has 0 saturated heterocycles. The van der Waals surface area contributed by atoms with Crippen molar-refractivity contribution in [2.45, 2.75) is 20.8 Å². The first-order valence-electron chi connectivity index (χ1n) is 5.08. The second-order valence-corrected chi connectivity index (χ2v) is 9.19. The highest BCUT2D eigenvalue weighted by atomic mass is 79.9. The molecular weight excluding hydrogens is 385 g/mol. The van der Waals surface area contributed by atoms with Gasteiger partial charge in [0.1, 0.15) is 4.83 Å². The van der Waals surface area contributed by atoms with Crippen LogP contribution in [0.25, 0.3) is 0 Å². The Labute approximate surface area is 123 Å². The predicted molar refractivity (Wildman–Crippen MR) is 70.4 cm³/mol. The van der Waals surface area contributed by atoms with Crippen molar-refractivity contribution in [1.82, 2.24) is 0 Å². The van der Waals surface area contributed by atoms with E-state index in [-0.39, 0.29) is 9.79 Å². The summed E-state index contributed by atoms with van der Waals surface area (Å²) in [5.41, 5.74) is 0. The van der Waals surface area contributed by atoms with E-state index < -0.39 is 36.4 Å². The summed E-state index contributed by atoms with van der Waals surface area (Å²) in [7, 11) is -7.66. The van der Waals surface area contributed by atoms with Gasteiger partial charge in [-0.05, 0) is 24.3 Å². The molecule has 0 aliphatic carbocycles. The van der Waals surface area contributed by atoms with E-state index in [2.05, 4.69) is 15.9 Å². The van der Waals surface area contributed by atoms with E-state index in [1.807, 2.05) is 0 Å². The summed E-state index contributed by atoms with van der Waals surface area (Å²) in [5.74, 6) is -1.16. The van der Waals surface area contributed by atoms with Crippen molar-refractivity contribution in [2.75, 3.05) is 12.0 Å². The zero-order valence-electron chi connectivity index (χ0n) is 10.1. The SMILES string of the molecule is CS(=O)(=O)c1ccc(S(=O)(=O)CC(Br)C(F)(F)F)cc1. The van der Waals surface area contributed by atoms with Crippen molar-refractivity contribution in [1.29, 1.82) is 0 Å². The maximum absolute atomic E-state index is 12.3. The van der Waals surface area contributed by atoms with Crippen LogP contribution in [0.2, 0.25) is 0 Å². The van der Waals surface area contributed by atoms with Gasteiger partial charge in [-0.1, -0.05) is 15.9 Å². The number of halogens is 4. The van der Waals surface area contributed by atoms with Gasteiger partial charge in [-0.2, -0.15) is 13.2 Å². The Morgan fingerprint density at radius 2 is 1.45 bits per heavy atom. The van der Waals surface area contributed by atoms with Crippen LogP contribution >= 0.6 is 15.9 Å². The van der Waals surface area contributed by atoms with Gasteiger partial charge in [-0.15, -0.1) is 0 Å². The van der Waals surface area contributed by atoms with Crippen LogP contribution in [-0.2, 0) is 19.7 Å². The highest BCUT2D eigenvalue weighted by molar-refractivity contribution is 9.09. The molecule has 0 N–H and O–H groups in total. The van der Waals surface area contributed by atoms with Crippen LogP contribution in [0.15, 0.2) is 34.1 Å². The summed E-state index contributed by atoms with van der Waals surface area (Å²) in [5, 5.41) is 0. The molecule has 114 valence electrons. The monoisotopic (exact) mass is 394 g/mol. The molecule has 1 aromatic rings. The van der Waals surface area contributed by atoms with Gasteiger partial charge in [-0.3, -0.25) is 0 Å². The molecule has 0 heterocycles. The first-order chi connectivity index (χ1) is 8.84. The number of hydrogen-bond acceptors (Lipinski definition) is 4. The van der Waals surface area contributed by atoms with Gasteiger partial charge >= 0.3 is 6.18 Å².